The second-order valence-corrected chi connectivity index (χ2v) is 21.3. The quantitative estimate of drug-likeness (QED) is 0.0486. The topological polar surface area (TPSA) is 71.1 Å². The van der Waals surface area contributed by atoms with Crippen LogP contribution < -0.4 is 0 Å². The van der Waals surface area contributed by atoms with Crippen LogP contribution in [0.25, 0.3) is 0 Å². The van der Waals surface area contributed by atoms with Gasteiger partial charge in [-0.05, 0) is 0 Å². The Morgan fingerprint density at radius 3 is 1.28 bits per heavy atom. The van der Waals surface area contributed by atoms with Crippen molar-refractivity contribution in [1.29, 1.82) is 0 Å². The Kier molecular flexibility index (Phi) is 27.5. The van der Waals surface area contributed by atoms with Gasteiger partial charge in [-0.1, -0.05) is 0 Å². The average molecular weight is 700 g/mol. The molecule has 0 heterocycles. The van der Waals surface area contributed by atoms with Crippen LogP contribution in [0.5, 0.6) is 0 Å². The van der Waals surface area contributed by atoms with Crippen molar-refractivity contribution in [1.82, 2.24) is 0 Å². The third kappa shape index (κ3) is 21.7. The molecule has 0 fully saturated rings. The normalized spacial score (nSPS) is 13.3. The van der Waals surface area contributed by atoms with E-state index in [4.69, 9.17) is 15.6 Å². The van der Waals surface area contributed by atoms with Crippen LogP contribution in [0.3, 0.4) is 0 Å². The Balaban J connectivity index is 5.51. The Morgan fingerprint density at radius 1 is 0.564 bits per heavy atom. The molecule has 0 saturated heterocycles. The van der Waals surface area contributed by atoms with Gasteiger partial charge in [-0.15, -0.1) is 0 Å². The van der Waals surface area contributed by atoms with Gasteiger partial charge in [-0.2, -0.15) is 0 Å². The van der Waals surface area contributed by atoms with Gasteiger partial charge < -0.3 is 0 Å². The molecule has 0 aromatic heterocycles. The molecule has 0 amide bonds. The fourth-order valence-electron chi connectivity index (χ4n) is 4.61. The predicted molar refractivity (Wildman–Crippen MR) is 171 cm³/mol. The van der Waals surface area contributed by atoms with E-state index in [0.717, 1.165) is 73.1 Å². The van der Waals surface area contributed by atoms with Crippen molar-refractivity contribution in [2.24, 2.45) is 0 Å². The molecule has 0 radical (unpaired) electrons. The number of carbonyl (C=O) groups is 2. The summed E-state index contributed by atoms with van der Waals surface area (Å²) in [7, 11) is 3.36. The van der Waals surface area contributed by atoms with E-state index in [1.807, 2.05) is 0 Å². The summed E-state index contributed by atoms with van der Waals surface area (Å²) < 4.78 is 24.4. The Labute approximate surface area is 256 Å². The average Bonchev–Trinajstić information content (AvgIpc) is 2.92. The maximum absolute atomic E-state index is 13.3. The van der Waals surface area contributed by atoms with Crippen LogP contribution >= 0.6 is 25.3 Å². The third-order valence-corrected chi connectivity index (χ3v) is 17.7. The molecule has 0 aliphatic rings. The number of unbranched alkanes of at least 4 members (excludes halogenated alkanes) is 12. The first-order valence-corrected chi connectivity index (χ1v) is 23.0. The fourth-order valence-corrected chi connectivity index (χ4v) is 15.0. The van der Waals surface area contributed by atoms with E-state index in [1.54, 1.807) is 14.2 Å². The minimum atomic E-state index is -4.10. The number of hydrogen-bond acceptors (Lipinski definition) is 8. The van der Waals surface area contributed by atoms with Crippen LogP contribution in [-0.4, -0.2) is 69.1 Å². The van der Waals surface area contributed by atoms with Gasteiger partial charge in [0.15, 0.2) is 0 Å². The molecule has 6 nitrogen and oxygen atoms in total. The monoisotopic (exact) mass is 700 g/mol. The fraction of sp³-hybridized carbons (Fsp3) is 0.933. The van der Waals surface area contributed by atoms with Crippen molar-refractivity contribution in [3.05, 3.63) is 0 Å². The molecule has 0 aliphatic heterocycles. The van der Waals surface area contributed by atoms with E-state index < -0.39 is 29.7 Å². The molecule has 0 spiro atoms. The number of ether oxygens (including phenoxy) is 2. The molecule has 0 aromatic rings. The van der Waals surface area contributed by atoms with Gasteiger partial charge in [0.1, 0.15) is 0 Å². The molecule has 0 saturated carbocycles. The molecule has 0 bridgehead atoms. The molecular formula is C30H60O6S2Sn. The van der Waals surface area contributed by atoms with Gasteiger partial charge in [0, 0.05) is 0 Å². The molecule has 39 heavy (non-hydrogen) atoms. The summed E-state index contributed by atoms with van der Waals surface area (Å²) in [6.45, 7) is 5.76. The van der Waals surface area contributed by atoms with E-state index in [-0.39, 0.29) is 11.9 Å². The van der Waals surface area contributed by atoms with E-state index in [0.29, 0.717) is 26.1 Å². The Morgan fingerprint density at radius 2 is 0.923 bits per heavy atom. The molecule has 0 N–H and O–H groups in total. The molecular weight excluding hydrogens is 639 g/mol. The van der Waals surface area contributed by atoms with Crippen LogP contribution in [-0.2, 0) is 25.2 Å². The Bertz CT molecular complexity index is 546. The van der Waals surface area contributed by atoms with Crippen molar-refractivity contribution in [2.75, 3.05) is 27.4 Å². The number of hydrogen-bond donors (Lipinski definition) is 2. The van der Waals surface area contributed by atoms with Gasteiger partial charge in [-0.25, -0.2) is 0 Å². The van der Waals surface area contributed by atoms with Crippen LogP contribution in [0.4, 0.5) is 0 Å². The van der Waals surface area contributed by atoms with E-state index in [9.17, 15) is 9.59 Å². The molecule has 2 unspecified atom stereocenters. The molecule has 232 valence electrons. The molecule has 2 atom stereocenters. The summed E-state index contributed by atoms with van der Waals surface area (Å²) >= 11 is 5.06. The molecule has 0 aliphatic carbocycles. The van der Waals surface area contributed by atoms with E-state index >= 15 is 0 Å². The number of carbonyl (C=O) groups excluding carboxylic acids is 2. The van der Waals surface area contributed by atoms with Crippen molar-refractivity contribution in [3.8, 4) is 0 Å². The zero-order valence-electron chi connectivity index (χ0n) is 25.6. The van der Waals surface area contributed by atoms with Gasteiger partial charge in [0.25, 0.3) is 0 Å². The summed E-state index contributed by atoms with van der Waals surface area (Å²) in [4.78, 5) is 26.5. The van der Waals surface area contributed by atoms with E-state index in [1.165, 1.54) is 38.5 Å². The van der Waals surface area contributed by atoms with Gasteiger partial charge >= 0.3 is 258 Å². The van der Waals surface area contributed by atoms with Crippen molar-refractivity contribution < 1.29 is 25.2 Å². The zero-order valence-corrected chi connectivity index (χ0v) is 30.2. The zero-order chi connectivity index (χ0) is 29.2. The van der Waals surface area contributed by atoms with Crippen LogP contribution in [0.1, 0.15) is 129 Å². The van der Waals surface area contributed by atoms with Gasteiger partial charge in [0.2, 0.25) is 0 Å². The number of methoxy groups -OCH3 is 2. The maximum atomic E-state index is 13.3. The molecule has 0 rings (SSSR count). The van der Waals surface area contributed by atoms with Gasteiger partial charge in [-0.3, -0.25) is 0 Å². The standard InChI is InChI=1S/2C8H17.2C7H14O3S.Sn/c2*1-3-5-7-8-6-4-2;2*1-10-5-3-2-4-6(11)7(8)9;/h2*1,3-8H2,2H3;2*6,11H,2-5H2,1H3,(H,8,9);/q;;;;+2/p-2. The van der Waals surface area contributed by atoms with Crippen LogP contribution in [0.15, 0.2) is 0 Å². The summed E-state index contributed by atoms with van der Waals surface area (Å²) in [5.74, 6) is -0.626. The Hall–Kier alpha value is 0.359. The first-order valence-electron chi connectivity index (χ1n) is 15.7. The van der Waals surface area contributed by atoms with Crippen molar-refractivity contribution >= 4 is 56.4 Å². The first kappa shape index (κ1) is 39.4. The summed E-state index contributed by atoms with van der Waals surface area (Å²) in [5.41, 5.74) is 0. The third-order valence-electron chi connectivity index (χ3n) is 7.09. The predicted octanol–water partition coefficient (Wildman–Crippen LogP) is 8.47. The second-order valence-electron chi connectivity index (χ2n) is 10.8. The van der Waals surface area contributed by atoms with Crippen molar-refractivity contribution in [3.63, 3.8) is 0 Å². The second kappa shape index (κ2) is 27.2. The first-order chi connectivity index (χ1) is 18.9. The van der Waals surface area contributed by atoms with Crippen LogP contribution in [0.2, 0.25) is 8.87 Å². The summed E-state index contributed by atoms with van der Waals surface area (Å²) in [6.07, 6.45) is 18.4. The number of thiol groups is 2. The SMILES string of the molecule is CCCCCCC[CH2][Sn]([CH2]CCCCCCC)([O]C(=O)C(S)CCCCOC)[O]C(=O)C(S)CCCCOC. The van der Waals surface area contributed by atoms with Gasteiger partial charge in [0.05, 0.1) is 0 Å². The number of rotatable bonds is 28. The summed E-state index contributed by atoms with van der Waals surface area (Å²) in [5, 5.41) is -1.02. The van der Waals surface area contributed by atoms with Crippen LogP contribution in [0, 0.1) is 0 Å². The molecule has 9 heteroatoms. The van der Waals surface area contributed by atoms with E-state index in [2.05, 4.69) is 39.1 Å². The molecule has 0 aromatic carbocycles. The van der Waals surface area contributed by atoms with Crippen molar-refractivity contribution in [2.45, 2.75) is 149 Å². The summed E-state index contributed by atoms with van der Waals surface area (Å²) in [6, 6.07) is 0. The minimum absolute atomic E-state index is 0.313.